The molecule has 2 N–H and O–H groups in total. The van der Waals surface area contributed by atoms with E-state index in [0.29, 0.717) is 32.2 Å². The van der Waals surface area contributed by atoms with Crippen molar-refractivity contribution < 1.29 is 22.7 Å². The summed E-state index contributed by atoms with van der Waals surface area (Å²) in [5.74, 6) is -1.83. The number of hydrogen-bond donors (Lipinski definition) is 2. The van der Waals surface area contributed by atoms with Crippen LogP contribution in [0.2, 0.25) is 0 Å². The van der Waals surface area contributed by atoms with Crippen LogP contribution < -0.4 is 5.32 Å². The third kappa shape index (κ3) is 3.37. The van der Waals surface area contributed by atoms with Gasteiger partial charge in [0.15, 0.2) is 11.6 Å². The van der Waals surface area contributed by atoms with E-state index in [1.54, 1.807) is 0 Å². The Hall–Kier alpha value is -1.34. The largest absolute Gasteiger partial charge is 0.505 e. The monoisotopic (exact) mass is 346 g/mol. The zero-order chi connectivity index (χ0) is 17.3. The molecular weight excluding hydrogens is 324 g/mol. The lowest BCUT2D eigenvalue weighted by Crippen LogP contribution is -2.47. The number of aromatic hydroxyl groups is 1. The number of phenols is 1. The fraction of sp³-hybridized carbons (Fsp3) is 0.647. The molecule has 1 aliphatic carbocycles. The second-order valence-corrected chi connectivity index (χ2v) is 6.63. The van der Waals surface area contributed by atoms with Crippen LogP contribution in [0.4, 0.5) is 17.6 Å². The Balaban J connectivity index is 2.10. The highest BCUT2D eigenvalue weighted by atomic mass is 19.4. The summed E-state index contributed by atoms with van der Waals surface area (Å²) >= 11 is 0. The molecule has 1 atom stereocenters. The van der Waals surface area contributed by atoms with Crippen LogP contribution in [0.3, 0.4) is 0 Å². The second kappa shape index (κ2) is 6.88. The van der Waals surface area contributed by atoms with Gasteiger partial charge < -0.3 is 10.4 Å². The van der Waals surface area contributed by atoms with Gasteiger partial charge in [0.1, 0.15) is 0 Å². The number of piperazine rings is 1. The summed E-state index contributed by atoms with van der Waals surface area (Å²) in [5, 5.41) is 13.4. The van der Waals surface area contributed by atoms with E-state index in [1.807, 2.05) is 4.90 Å². The second-order valence-electron chi connectivity index (χ2n) is 6.63. The van der Waals surface area contributed by atoms with Gasteiger partial charge in [-0.05, 0) is 30.9 Å². The quantitative estimate of drug-likeness (QED) is 0.820. The first-order chi connectivity index (χ1) is 11.4. The van der Waals surface area contributed by atoms with Gasteiger partial charge in [-0.25, -0.2) is 4.39 Å². The van der Waals surface area contributed by atoms with E-state index in [-0.39, 0.29) is 11.5 Å². The summed E-state index contributed by atoms with van der Waals surface area (Å²) in [7, 11) is 0. The van der Waals surface area contributed by atoms with Crippen LogP contribution in [0, 0.1) is 11.7 Å². The van der Waals surface area contributed by atoms with Gasteiger partial charge in [0.2, 0.25) is 0 Å². The molecule has 2 aliphatic rings. The molecule has 0 radical (unpaired) electrons. The van der Waals surface area contributed by atoms with Gasteiger partial charge in [0, 0.05) is 37.8 Å². The molecule has 0 unspecified atom stereocenters. The Morgan fingerprint density at radius 1 is 1.12 bits per heavy atom. The van der Waals surface area contributed by atoms with E-state index in [1.165, 1.54) is 0 Å². The van der Waals surface area contributed by atoms with E-state index < -0.39 is 29.3 Å². The lowest BCUT2D eigenvalue weighted by molar-refractivity contribution is -0.139. The van der Waals surface area contributed by atoms with Crippen LogP contribution in [-0.4, -0.2) is 36.2 Å². The zero-order valence-corrected chi connectivity index (χ0v) is 13.4. The summed E-state index contributed by atoms with van der Waals surface area (Å²) in [6.07, 6.45) is -1.08. The fourth-order valence-corrected chi connectivity index (χ4v) is 4.08. The number of nitrogens with one attached hydrogen (secondary N) is 1. The number of hydrogen-bond acceptors (Lipinski definition) is 3. The molecule has 0 bridgehead atoms. The summed E-state index contributed by atoms with van der Waals surface area (Å²) in [4.78, 5) is 1.97. The van der Waals surface area contributed by atoms with Crippen molar-refractivity contribution in [3.8, 4) is 5.75 Å². The molecule has 1 aliphatic heterocycles. The van der Waals surface area contributed by atoms with Crippen LogP contribution in [0.15, 0.2) is 12.1 Å². The lowest BCUT2D eigenvalue weighted by Gasteiger charge is -2.39. The number of nitrogens with zero attached hydrogens (tertiary/aromatic N) is 1. The fourth-order valence-electron chi connectivity index (χ4n) is 4.08. The molecular formula is C17H22F4N2O. The highest BCUT2D eigenvalue weighted by Crippen LogP contribution is 2.48. The number of benzene rings is 1. The number of halogens is 4. The van der Waals surface area contributed by atoms with Gasteiger partial charge in [0.05, 0.1) is 5.56 Å². The molecule has 0 amide bonds. The molecule has 0 spiro atoms. The molecule has 24 heavy (non-hydrogen) atoms. The minimum atomic E-state index is -4.62. The van der Waals surface area contributed by atoms with E-state index in [4.69, 9.17) is 0 Å². The predicted molar refractivity (Wildman–Crippen MR) is 82.2 cm³/mol. The van der Waals surface area contributed by atoms with E-state index >= 15 is 0 Å². The van der Waals surface area contributed by atoms with Crippen molar-refractivity contribution in [2.45, 2.75) is 37.9 Å². The van der Waals surface area contributed by atoms with Crippen LogP contribution in [0.1, 0.15) is 42.9 Å². The van der Waals surface area contributed by atoms with Gasteiger partial charge in [-0.1, -0.05) is 12.8 Å². The van der Waals surface area contributed by atoms with Crippen LogP contribution in [0.25, 0.3) is 0 Å². The molecule has 3 nitrogen and oxygen atoms in total. The van der Waals surface area contributed by atoms with E-state index in [0.717, 1.165) is 31.7 Å². The van der Waals surface area contributed by atoms with Gasteiger partial charge in [-0.15, -0.1) is 0 Å². The average molecular weight is 346 g/mol. The molecule has 1 heterocycles. The highest BCUT2D eigenvalue weighted by molar-refractivity contribution is 5.45. The smallest absolute Gasteiger partial charge is 0.416 e. The van der Waals surface area contributed by atoms with Crippen molar-refractivity contribution in [2.75, 3.05) is 26.2 Å². The predicted octanol–water partition coefficient (Wildman–Crippen LogP) is 3.69. The maximum atomic E-state index is 13.9. The third-order valence-corrected chi connectivity index (χ3v) is 5.16. The van der Waals surface area contributed by atoms with Crippen molar-refractivity contribution in [1.29, 1.82) is 0 Å². The topological polar surface area (TPSA) is 35.5 Å². The molecule has 0 aromatic heterocycles. The maximum absolute atomic E-state index is 13.9. The Labute approximate surface area is 138 Å². The minimum Gasteiger partial charge on any atom is -0.505 e. The summed E-state index contributed by atoms with van der Waals surface area (Å²) < 4.78 is 54.4. The Morgan fingerprint density at radius 3 is 2.33 bits per heavy atom. The molecule has 1 aromatic rings. The number of alkyl halides is 3. The van der Waals surface area contributed by atoms with Crippen LogP contribution in [-0.2, 0) is 6.18 Å². The number of phenolic OH excluding ortho intramolecular Hbond substituents is 1. The molecule has 1 saturated carbocycles. The van der Waals surface area contributed by atoms with Crippen LogP contribution >= 0.6 is 0 Å². The van der Waals surface area contributed by atoms with Gasteiger partial charge in [-0.3, -0.25) is 4.90 Å². The zero-order valence-electron chi connectivity index (χ0n) is 13.4. The first-order valence-electron chi connectivity index (χ1n) is 8.43. The van der Waals surface area contributed by atoms with Crippen molar-refractivity contribution >= 4 is 0 Å². The van der Waals surface area contributed by atoms with Crippen molar-refractivity contribution in [3.63, 3.8) is 0 Å². The van der Waals surface area contributed by atoms with Crippen molar-refractivity contribution in [2.24, 2.45) is 5.92 Å². The highest BCUT2D eigenvalue weighted by Gasteiger charge is 2.42. The molecule has 134 valence electrons. The Morgan fingerprint density at radius 2 is 1.75 bits per heavy atom. The van der Waals surface area contributed by atoms with Gasteiger partial charge in [0.25, 0.3) is 0 Å². The summed E-state index contributed by atoms with van der Waals surface area (Å²) in [6.45, 7) is 2.55. The maximum Gasteiger partial charge on any atom is 0.416 e. The standard InChI is InChI=1S/C17H22F4N2O/c18-13-6-5-12(17(19,20)21)14(16(13)24)15(11-3-1-2-4-11)23-9-7-22-8-10-23/h5-6,11,15,22,24H,1-4,7-10H2/t15-/m1/s1. The average Bonchev–Trinajstić information content (AvgIpc) is 3.06. The van der Waals surface area contributed by atoms with Gasteiger partial charge >= 0.3 is 6.18 Å². The first kappa shape index (κ1) is 17.5. The van der Waals surface area contributed by atoms with Crippen LogP contribution in [0.5, 0.6) is 5.75 Å². The lowest BCUT2D eigenvalue weighted by atomic mass is 9.86. The minimum absolute atomic E-state index is 0.0110. The van der Waals surface area contributed by atoms with Crippen molar-refractivity contribution in [1.82, 2.24) is 10.2 Å². The molecule has 3 rings (SSSR count). The van der Waals surface area contributed by atoms with Gasteiger partial charge in [-0.2, -0.15) is 13.2 Å². The summed E-state index contributed by atoms with van der Waals surface area (Å²) in [6, 6.07) is 0.863. The van der Waals surface area contributed by atoms with E-state index in [2.05, 4.69) is 5.32 Å². The molecule has 7 heteroatoms. The van der Waals surface area contributed by atoms with Crippen molar-refractivity contribution in [3.05, 3.63) is 29.1 Å². The third-order valence-electron chi connectivity index (χ3n) is 5.16. The normalized spacial score (nSPS) is 22.0. The SMILES string of the molecule is Oc1c(F)ccc(C(F)(F)F)c1[C@@H](C1CCCC1)N1CCNCC1. The molecule has 1 saturated heterocycles. The number of rotatable bonds is 3. The summed E-state index contributed by atoms with van der Waals surface area (Å²) in [5.41, 5.74) is -1.20. The Bertz CT molecular complexity index is 579. The Kier molecular flexibility index (Phi) is 5.01. The molecule has 2 fully saturated rings. The first-order valence-corrected chi connectivity index (χ1v) is 8.43. The van der Waals surface area contributed by atoms with E-state index in [9.17, 15) is 22.7 Å². The molecule has 1 aromatic carbocycles.